The van der Waals surface area contributed by atoms with Gasteiger partial charge in [0, 0.05) is 32.7 Å². The van der Waals surface area contributed by atoms with Crippen LogP contribution >= 0.6 is 0 Å². The Labute approximate surface area is 118 Å². The molecule has 0 aromatic heterocycles. The molecule has 1 heterocycles. The van der Waals surface area contributed by atoms with Crippen molar-refractivity contribution in [1.29, 1.82) is 0 Å². The lowest BCUT2D eigenvalue weighted by Crippen LogP contribution is -2.45. The fourth-order valence-electron chi connectivity index (χ4n) is 2.60. The molecule has 0 amide bonds. The Morgan fingerprint density at radius 2 is 1.65 bits per heavy atom. The molecule has 20 heavy (non-hydrogen) atoms. The summed E-state index contributed by atoms with van der Waals surface area (Å²) in [4.78, 5) is 4.42. The zero-order valence-electron chi connectivity index (χ0n) is 12.0. The maximum Gasteiger partial charge on any atom is 0.416 e. The highest BCUT2D eigenvalue weighted by molar-refractivity contribution is 5.33. The SMILES string of the molecule is CCN1CCN(Cc2ccc(C)cc2C(F)(F)F)CC1. The summed E-state index contributed by atoms with van der Waals surface area (Å²) < 4.78 is 39.2. The first-order valence-electron chi connectivity index (χ1n) is 7.01. The lowest BCUT2D eigenvalue weighted by atomic mass is 10.0. The second-order valence-electron chi connectivity index (χ2n) is 5.37. The van der Waals surface area contributed by atoms with Crippen LogP contribution in [0.3, 0.4) is 0 Å². The molecule has 1 saturated heterocycles. The minimum absolute atomic E-state index is 0.382. The van der Waals surface area contributed by atoms with Crippen LogP contribution in [-0.4, -0.2) is 42.5 Å². The van der Waals surface area contributed by atoms with Gasteiger partial charge in [-0.05, 0) is 25.1 Å². The average Bonchev–Trinajstić information content (AvgIpc) is 2.40. The number of likely N-dealkylation sites (N-methyl/N-ethyl adjacent to an activating group) is 1. The Kier molecular flexibility index (Phi) is 4.70. The molecule has 0 bridgehead atoms. The molecule has 2 nitrogen and oxygen atoms in total. The highest BCUT2D eigenvalue weighted by Gasteiger charge is 2.33. The predicted octanol–water partition coefficient (Wildman–Crippen LogP) is 3.15. The van der Waals surface area contributed by atoms with Crippen LogP contribution in [0, 0.1) is 6.92 Å². The largest absolute Gasteiger partial charge is 0.416 e. The number of nitrogens with zero attached hydrogens (tertiary/aromatic N) is 2. The number of hydrogen-bond donors (Lipinski definition) is 0. The van der Waals surface area contributed by atoms with Gasteiger partial charge in [0.1, 0.15) is 0 Å². The van der Waals surface area contributed by atoms with E-state index in [9.17, 15) is 13.2 Å². The van der Waals surface area contributed by atoms with Crippen molar-refractivity contribution < 1.29 is 13.2 Å². The summed E-state index contributed by atoms with van der Waals surface area (Å²) >= 11 is 0. The zero-order valence-corrected chi connectivity index (χ0v) is 12.0. The standard InChI is InChI=1S/C15H21F3N2/c1-3-19-6-8-20(9-7-19)11-13-5-4-12(2)10-14(13)15(16,17)18/h4-5,10H,3,6-9,11H2,1-2H3. The topological polar surface area (TPSA) is 6.48 Å². The van der Waals surface area contributed by atoms with Crippen molar-refractivity contribution in [3.05, 3.63) is 34.9 Å². The van der Waals surface area contributed by atoms with Gasteiger partial charge < -0.3 is 4.90 Å². The number of hydrogen-bond acceptors (Lipinski definition) is 2. The third-order valence-corrected chi connectivity index (χ3v) is 3.88. The van der Waals surface area contributed by atoms with E-state index in [-0.39, 0.29) is 0 Å². The molecule has 0 unspecified atom stereocenters. The number of piperazine rings is 1. The van der Waals surface area contributed by atoms with Crippen molar-refractivity contribution in [1.82, 2.24) is 9.80 Å². The molecule has 5 heteroatoms. The van der Waals surface area contributed by atoms with E-state index >= 15 is 0 Å². The molecule has 0 N–H and O–H groups in total. The first kappa shape index (κ1) is 15.3. The van der Waals surface area contributed by atoms with Crippen molar-refractivity contribution in [2.45, 2.75) is 26.6 Å². The Morgan fingerprint density at radius 1 is 1.05 bits per heavy atom. The molecule has 2 rings (SSSR count). The van der Waals surface area contributed by atoms with E-state index in [4.69, 9.17) is 0 Å². The van der Waals surface area contributed by atoms with Crippen molar-refractivity contribution >= 4 is 0 Å². The van der Waals surface area contributed by atoms with Crippen LogP contribution in [-0.2, 0) is 12.7 Å². The van der Waals surface area contributed by atoms with Gasteiger partial charge in [-0.2, -0.15) is 13.2 Å². The van der Waals surface area contributed by atoms with E-state index in [1.54, 1.807) is 19.1 Å². The molecular formula is C15H21F3N2. The first-order valence-corrected chi connectivity index (χ1v) is 7.01. The smallest absolute Gasteiger partial charge is 0.301 e. The third kappa shape index (κ3) is 3.73. The van der Waals surface area contributed by atoms with Crippen molar-refractivity contribution in [3.8, 4) is 0 Å². The maximum atomic E-state index is 13.1. The average molecular weight is 286 g/mol. The molecule has 0 aliphatic carbocycles. The Bertz CT molecular complexity index is 449. The van der Waals surface area contributed by atoms with Gasteiger partial charge >= 0.3 is 6.18 Å². The van der Waals surface area contributed by atoms with Gasteiger partial charge in [0.25, 0.3) is 0 Å². The van der Waals surface area contributed by atoms with Gasteiger partial charge in [0.15, 0.2) is 0 Å². The van der Waals surface area contributed by atoms with Gasteiger partial charge in [-0.25, -0.2) is 0 Å². The second-order valence-corrected chi connectivity index (χ2v) is 5.37. The zero-order chi connectivity index (χ0) is 14.8. The first-order chi connectivity index (χ1) is 9.40. The van der Waals surface area contributed by atoms with Crippen LogP contribution in [0.2, 0.25) is 0 Å². The molecule has 1 aromatic rings. The molecule has 0 radical (unpaired) electrons. The predicted molar refractivity (Wildman–Crippen MR) is 73.6 cm³/mol. The fraction of sp³-hybridized carbons (Fsp3) is 0.600. The van der Waals surface area contributed by atoms with Crippen molar-refractivity contribution in [2.75, 3.05) is 32.7 Å². The number of benzene rings is 1. The van der Waals surface area contributed by atoms with Crippen LogP contribution in [0.1, 0.15) is 23.6 Å². The van der Waals surface area contributed by atoms with Crippen molar-refractivity contribution in [2.24, 2.45) is 0 Å². The lowest BCUT2D eigenvalue weighted by Gasteiger charge is -2.34. The summed E-state index contributed by atoms with van der Waals surface area (Å²) in [6, 6.07) is 4.62. The van der Waals surface area contributed by atoms with E-state index in [1.807, 2.05) is 0 Å². The van der Waals surface area contributed by atoms with E-state index in [0.29, 0.717) is 17.7 Å². The summed E-state index contributed by atoms with van der Waals surface area (Å²) in [5, 5.41) is 0. The Morgan fingerprint density at radius 3 is 2.20 bits per heavy atom. The molecule has 1 aromatic carbocycles. The van der Waals surface area contributed by atoms with Crippen LogP contribution in [0.15, 0.2) is 18.2 Å². The minimum atomic E-state index is -4.27. The fourth-order valence-corrected chi connectivity index (χ4v) is 2.60. The minimum Gasteiger partial charge on any atom is -0.301 e. The van der Waals surface area contributed by atoms with Gasteiger partial charge in [-0.1, -0.05) is 24.6 Å². The van der Waals surface area contributed by atoms with E-state index < -0.39 is 11.7 Å². The molecule has 1 aliphatic rings. The lowest BCUT2D eigenvalue weighted by molar-refractivity contribution is -0.138. The highest BCUT2D eigenvalue weighted by Crippen LogP contribution is 2.33. The summed E-state index contributed by atoms with van der Waals surface area (Å²) in [5.41, 5.74) is 0.542. The normalized spacial score (nSPS) is 18.4. The molecule has 112 valence electrons. The third-order valence-electron chi connectivity index (χ3n) is 3.88. The summed E-state index contributed by atoms with van der Waals surface area (Å²) in [6.45, 7) is 8.72. The van der Waals surface area contributed by atoms with Gasteiger partial charge in [0.2, 0.25) is 0 Å². The monoisotopic (exact) mass is 286 g/mol. The van der Waals surface area contributed by atoms with E-state index in [2.05, 4.69) is 16.7 Å². The van der Waals surface area contributed by atoms with Gasteiger partial charge in [-0.15, -0.1) is 0 Å². The number of halogens is 3. The second kappa shape index (κ2) is 6.14. The number of aryl methyl sites for hydroxylation is 1. The van der Waals surface area contributed by atoms with Gasteiger partial charge in [0.05, 0.1) is 5.56 Å². The van der Waals surface area contributed by atoms with Gasteiger partial charge in [-0.3, -0.25) is 4.90 Å². The van der Waals surface area contributed by atoms with Crippen molar-refractivity contribution in [3.63, 3.8) is 0 Å². The molecule has 0 atom stereocenters. The van der Waals surface area contributed by atoms with E-state index in [0.717, 1.165) is 32.7 Å². The molecule has 0 spiro atoms. The molecule has 0 saturated carbocycles. The van der Waals surface area contributed by atoms with Crippen LogP contribution in [0.25, 0.3) is 0 Å². The highest BCUT2D eigenvalue weighted by atomic mass is 19.4. The van der Waals surface area contributed by atoms with Crippen LogP contribution < -0.4 is 0 Å². The maximum absolute atomic E-state index is 13.1. The number of rotatable bonds is 3. The van der Waals surface area contributed by atoms with Crippen LogP contribution in [0.4, 0.5) is 13.2 Å². The molecule has 1 fully saturated rings. The van der Waals surface area contributed by atoms with E-state index in [1.165, 1.54) is 6.07 Å². The molecule has 1 aliphatic heterocycles. The Balaban J connectivity index is 2.10. The van der Waals surface area contributed by atoms with Crippen LogP contribution in [0.5, 0.6) is 0 Å². The number of alkyl halides is 3. The summed E-state index contributed by atoms with van der Waals surface area (Å²) in [7, 11) is 0. The summed E-state index contributed by atoms with van der Waals surface area (Å²) in [6.07, 6.45) is -4.27. The quantitative estimate of drug-likeness (QED) is 0.842. The Hall–Kier alpha value is -1.07. The summed E-state index contributed by atoms with van der Waals surface area (Å²) in [5.74, 6) is 0. The molecular weight excluding hydrogens is 265 g/mol.